The maximum absolute atomic E-state index is 13.5. The van der Waals surface area contributed by atoms with Crippen LogP contribution in [0.25, 0.3) is 0 Å². The maximum atomic E-state index is 13.5. The van der Waals surface area contributed by atoms with E-state index in [9.17, 15) is 19.8 Å². The molecule has 3 aliphatic heterocycles. The van der Waals surface area contributed by atoms with Gasteiger partial charge < -0.3 is 38.6 Å². The Morgan fingerprint density at radius 3 is 1.23 bits per heavy atom. The molecule has 4 fully saturated rings. The van der Waals surface area contributed by atoms with Gasteiger partial charge in [0.05, 0.1) is 23.3 Å². The number of aliphatic hydroxyl groups is 2. The number of carbonyl (C=O) groups is 2. The summed E-state index contributed by atoms with van der Waals surface area (Å²) in [5.41, 5.74) is 2.42. The highest BCUT2D eigenvalue weighted by Gasteiger charge is 2.70. The Balaban J connectivity index is 1.22. The average Bonchev–Trinajstić information content (AvgIpc) is 3.20. The lowest BCUT2D eigenvalue weighted by molar-refractivity contribution is -0.511. The number of carbonyl (C=O) groups excluding carboxylic acids is 2. The molecule has 3 saturated heterocycles. The lowest BCUT2D eigenvalue weighted by atomic mass is 9.79. The number of hydrogen-bond acceptors (Lipinski definition) is 10. The second-order valence-corrected chi connectivity index (χ2v) is 13.9. The fourth-order valence-electron chi connectivity index (χ4n) is 8.12. The van der Waals surface area contributed by atoms with Gasteiger partial charge in [0.1, 0.15) is 24.4 Å². The minimum absolute atomic E-state index is 0.251. The van der Waals surface area contributed by atoms with Gasteiger partial charge in [0.25, 0.3) is 0 Å². The minimum Gasteiger partial charge on any atom is -0.453 e. The number of hydrogen-bond donors (Lipinski definition) is 2. The van der Waals surface area contributed by atoms with Crippen molar-refractivity contribution in [2.45, 2.75) is 98.9 Å². The molecule has 10 heteroatoms. The fraction of sp³-hybridized carbons (Fsp3) is 0.381. The van der Waals surface area contributed by atoms with Crippen LogP contribution in [0.3, 0.4) is 0 Å². The van der Waals surface area contributed by atoms with Crippen LogP contribution in [0.5, 0.6) is 0 Å². The van der Waals surface area contributed by atoms with Gasteiger partial charge in [-0.05, 0) is 61.1 Å². The van der Waals surface area contributed by atoms with Crippen LogP contribution in [-0.2, 0) is 28.4 Å². The standard InChI is InChI=1S/C42H42O10/c43-33-34(44)36(48-40(46)30-21-11-4-12-22-30)38-37(35(33)47-39(45)29-19-9-3-10-20-29)51-41(25-13-23-31(49-41)27-15-5-1-6-16-27)42(52-38)26-14-24-32(50-42)28-17-7-2-8-18-28/h1-12,15-22,31-38,43-44H,13-14,23-26H2/t31-,32+,33-,34-,35-,36+,37-,38-,41+,42+/m1/s1. The van der Waals surface area contributed by atoms with E-state index in [4.69, 9.17) is 28.4 Å². The summed E-state index contributed by atoms with van der Waals surface area (Å²) in [4.78, 5) is 27.1. The van der Waals surface area contributed by atoms with Crippen molar-refractivity contribution in [1.82, 2.24) is 0 Å². The van der Waals surface area contributed by atoms with E-state index in [-0.39, 0.29) is 23.3 Å². The SMILES string of the molecule is O=C(O[C@@H]1[C@H](O)[C@@H](O)[C@H](OC(=O)c2ccccc2)[C@H]2O[C@@]3(CCC[C@@H](c4ccccc4)O3)[C@]3(CCC[C@H](c4ccccc4)O3)O[C@@H]21)c1ccccc1. The highest BCUT2D eigenvalue weighted by atomic mass is 16.8. The predicted molar refractivity (Wildman–Crippen MR) is 187 cm³/mol. The molecule has 4 aromatic rings. The second kappa shape index (κ2) is 14.5. The van der Waals surface area contributed by atoms with E-state index >= 15 is 0 Å². The zero-order valence-electron chi connectivity index (χ0n) is 28.6. The molecule has 10 atom stereocenters. The molecule has 10 nitrogen and oxygen atoms in total. The first-order chi connectivity index (χ1) is 25.4. The van der Waals surface area contributed by atoms with Crippen LogP contribution in [0.2, 0.25) is 0 Å². The van der Waals surface area contributed by atoms with Gasteiger partial charge in [-0.25, -0.2) is 9.59 Å². The molecule has 8 rings (SSSR count). The fourth-order valence-corrected chi connectivity index (χ4v) is 8.12. The number of ether oxygens (including phenoxy) is 6. The molecule has 1 aliphatic carbocycles. The highest BCUT2D eigenvalue weighted by molar-refractivity contribution is 5.90. The van der Waals surface area contributed by atoms with E-state index in [0.29, 0.717) is 38.5 Å². The molecule has 3 heterocycles. The number of esters is 2. The summed E-state index contributed by atoms with van der Waals surface area (Å²) in [6.45, 7) is 0. The molecular weight excluding hydrogens is 664 g/mol. The van der Waals surface area contributed by atoms with Crippen molar-refractivity contribution in [2.24, 2.45) is 0 Å². The van der Waals surface area contributed by atoms with Crippen molar-refractivity contribution in [3.05, 3.63) is 144 Å². The Labute approximate surface area is 302 Å². The number of fused-ring (bicyclic) bond motifs is 2. The molecular formula is C42H42O10. The molecule has 0 radical (unpaired) electrons. The van der Waals surface area contributed by atoms with E-state index in [0.717, 1.165) is 11.1 Å². The summed E-state index contributed by atoms with van der Waals surface area (Å²) in [6, 6.07) is 36.4. The second-order valence-electron chi connectivity index (χ2n) is 13.9. The van der Waals surface area contributed by atoms with Gasteiger partial charge in [-0.1, -0.05) is 97.1 Å². The van der Waals surface area contributed by atoms with Crippen LogP contribution < -0.4 is 0 Å². The molecule has 1 saturated carbocycles. The largest absolute Gasteiger partial charge is 0.453 e. The molecule has 52 heavy (non-hydrogen) atoms. The van der Waals surface area contributed by atoms with Gasteiger partial charge in [-0.2, -0.15) is 0 Å². The Hall–Kier alpha value is -4.42. The Bertz CT molecular complexity index is 1690. The monoisotopic (exact) mass is 706 g/mol. The molecule has 4 aliphatic rings. The Morgan fingerprint density at radius 1 is 0.519 bits per heavy atom. The van der Waals surface area contributed by atoms with Crippen molar-refractivity contribution in [1.29, 1.82) is 0 Å². The predicted octanol–water partition coefficient (Wildman–Crippen LogP) is 6.23. The normalized spacial score (nSPS) is 34.3. The van der Waals surface area contributed by atoms with Gasteiger partial charge in [-0.15, -0.1) is 0 Å². The van der Waals surface area contributed by atoms with Crippen molar-refractivity contribution >= 4 is 11.9 Å². The van der Waals surface area contributed by atoms with Crippen molar-refractivity contribution < 1.29 is 48.2 Å². The highest BCUT2D eigenvalue weighted by Crippen LogP contribution is 2.57. The third-order valence-corrected chi connectivity index (χ3v) is 10.7. The van der Waals surface area contributed by atoms with Crippen LogP contribution >= 0.6 is 0 Å². The number of aliphatic hydroxyl groups excluding tert-OH is 2. The van der Waals surface area contributed by atoms with Crippen molar-refractivity contribution in [3.8, 4) is 0 Å². The van der Waals surface area contributed by atoms with Gasteiger partial charge in [0.15, 0.2) is 12.2 Å². The third-order valence-electron chi connectivity index (χ3n) is 10.7. The van der Waals surface area contributed by atoms with E-state index in [1.807, 2.05) is 60.7 Å². The summed E-state index contributed by atoms with van der Waals surface area (Å²) in [5.74, 6) is -4.52. The zero-order valence-corrected chi connectivity index (χ0v) is 28.6. The first-order valence-corrected chi connectivity index (χ1v) is 18.1. The first kappa shape index (κ1) is 34.7. The van der Waals surface area contributed by atoms with Gasteiger partial charge in [0.2, 0.25) is 11.6 Å². The zero-order chi connectivity index (χ0) is 35.7. The molecule has 2 N–H and O–H groups in total. The lowest BCUT2D eigenvalue weighted by Crippen LogP contribution is -2.77. The molecule has 4 aromatic carbocycles. The van der Waals surface area contributed by atoms with E-state index in [2.05, 4.69) is 0 Å². The number of benzene rings is 4. The third kappa shape index (κ3) is 6.44. The van der Waals surface area contributed by atoms with E-state index in [1.165, 1.54) is 0 Å². The number of rotatable bonds is 6. The summed E-state index contributed by atoms with van der Waals surface area (Å²) in [6.07, 6.45) is -5.98. The van der Waals surface area contributed by atoms with Crippen molar-refractivity contribution in [3.63, 3.8) is 0 Å². The summed E-state index contributed by atoms with van der Waals surface area (Å²) in [7, 11) is 0. The molecule has 0 aromatic heterocycles. The van der Waals surface area contributed by atoms with Crippen LogP contribution in [0.1, 0.15) is 82.6 Å². The smallest absolute Gasteiger partial charge is 0.338 e. The van der Waals surface area contributed by atoms with Gasteiger partial charge in [0, 0.05) is 12.8 Å². The van der Waals surface area contributed by atoms with Crippen LogP contribution in [-0.4, -0.2) is 70.3 Å². The van der Waals surface area contributed by atoms with Crippen molar-refractivity contribution in [2.75, 3.05) is 0 Å². The molecule has 0 bridgehead atoms. The van der Waals surface area contributed by atoms with Gasteiger partial charge in [-0.3, -0.25) is 0 Å². The maximum Gasteiger partial charge on any atom is 0.338 e. The average molecular weight is 707 g/mol. The van der Waals surface area contributed by atoms with Crippen LogP contribution in [0, 0.1) is 0 Å². The first-order valence-electron chi connectivity index (χ1n) is 18.1. The quantitative estimate of drug-likeness (QED) is 0.223. The molecule has 0 amide bonds. The lowest BCUT2D eigenvalue weighted by Gasteiger charge is -2.62. The summed E-state index contributed by atoms with van der Waals surface area (Å²) < 4.78 is 40.3. The summed E-state index contributed by atoms with van der Waals surface area (Å²) in [5, 5.41) is 23.4. The molecule has 0 unspecified atom stereocenters. The minimum atomic E-state index is -1.71. The molecule has 270 valence electrons. The van der Waals surface area contributed by atoms with E-state index in [1.54, 1.807) is 60.7 Å². The summed E-state index contributed by atoms with van der Waals surface area (Å²) >= 11 is 0. The van der Waals surface area contributed by atoms with Crippen LogP contribution in [0.4, 0.5) is 0 Å². The Morgan fingerprint density at radius 2 is 0.865 bits per heavy atom. The van der Waals surface area contributed by atoms with Gasteiger partial charge >= 0.3 is 11.9 Å². The Kier molecular flexibility index (Phi) is 9.69. The molecule has 2 spiro atoms. The van der Waals surface area contributed by atoms with Crippen LogP contribution in [0.15, 0.2) is 121 Å². The van der Waals surface area contributed by atoms with E-state index < -0.39 is 60.1 Å². The topological polar surface area (TPSA) is 130 Å².